The van der Waals surface area contributed by atoms with Crippen molar-refractivity contribution in [3.05, 3.63) is 57.9 Å². The van der Waals surface area contributed by atoms with E-state index in [1.807, 2.05) is 16.9 Å². The number of hydrogen-bond acceptors (Lipinski definition) is 7. The second-order valence-electron chi connectivity index (χ2n) is 9.72. The molecule has 1 amide bonds. The van der Waals surface area contributed by atoms with Crippen LogP contribution in [-0.4, -0.2) is 69.0 Å². The Morgan fingerprint density at radius 3 is 2.37 bits per heavy atom. The fourth-order valence-electron chi connectivity index (χ4n) is 4.24. The van der Waals surface area contributed by atoms with Crippen LogP contribution >= 0.6 is 11.6 Å². The number of benzene rings is 2. The molecule has 1 heterocycles. The average Bonchev–Trinajstić information content (AvgIpc) is 3.70. The molecule has 0 spiro atoms. The number of carboxylic acid groups (broad SMARTS) is 1. The van der Waals surface area contributed by atoms with Crippen molar-refractivity contribution in [2.45, 2.75) is 50.4 Å². The van der Waals surface area contributed by atoms with Crippen LogP contribution in [0.5, 0.6) is 11.5 Å². The second kappa shape index (κ2) is 13.3. The summed E-state index contributed by atoms with van der Waals surface area (Å²) in [7, 11) is -2.20. The van der Waals surface area contributed by atoms with Crippen LogP contribution in [0.3, 0.4) is 0 Å². The predicted molar refractivity (Wildman–Crippen MR) is 141 cm³/mol. The maximum Gasteiger partial charge on any atom is 0.490 e. The van der Waals surface area contributed by atoms with Crippen molar-refractivity contribution in [3.8, 4) is 11.5 Å². The molecule has 2 aromatic carbocycles. The Morgan fingerprint density at radius 2 is 1.83 bits per heavy atom. The third-order valence-corrected chi connectivity index (χ3v) is 7.20. The first-order chi connectivity index (χ1) is 19.1. The summed E-state index contributed by atoms with van der Waals surface area (Å²) in [6.07, 6.45) is -0.776. The molecule has 2 N–H and O–H groups in total. The van der Waals surface area contributed by atoms with Crippen molar-refractivity contribution < 1.29 is 50.1 Å². The number of likely N-dealkylation sites (tertiary alicyclic amines) is 1. The zero-order valence-corrected chi connectivity index (χ0v) is 23.7. The molecule has 41 heavy (non-hydrogen) atoms. The number of carbonyl (C=O) groups excluding carboxylic acids is 1. The van der Waals surface area contributed by atoms with Gasteiger partial charge in [-0.1, -0.05) is 17.7 Å². The summed E-state index contributed by atoms with van der Waals surface area (Å²) in [5.41, 5.74) is 1.45. The van der Waals surface area contributed by atoms with Gasteiger partial charge in [0.15, 0.2) is 0 Å². The summed E-state index contributed by atoms with van der Waals surface area (Å²) in [5, 5.41) is 7.77. The fourth-order valence-corrected chi connectivity index (χ4v) is 4.92. The predicted octanol–water partition coefficient (Wildman–Crippen LogP) is 4.73. The highest BCUT2D eigenvalue weighted by Crippen LogP contribution is 2.45. The molecule has 2 fully saturated rings. The number of nitrogens with one attached hydrogen (secondary N) is 1. The maximum absolute atomic E-state index is 14.8. The van der Waals surface area contributed by atoms with Crippen LogP contribution < -0.4 is 14.2 Å². The quantitative estimate of drug-likeness (QED) is 0.404. The number of ether oxygens (including phenoxy) is 2. The Bertz CT molecular complexity index is 1380. The molecule has 9 nitrogen and oxygen atoms in total. The first-order valence-electron chi connectivity index (χ1n) is 12.4. The number of carbonyl (C=O) groups is 2. The first kappa shape index (κ1) is 32.4. The van der Waals surface area contributed by atoms with E-state index < -0.39 is 33.9 Å². The average molecular weight is 625 g/mol. The number of aliphatic carboxylic acids is 1. The molecule has 0 bridgehead atoms. The number of halogens is 5. The SMILES string of the molecule is COc1ccc(CN2CCCC(Oc3cc(F)c(C(=O)NS(C)(=O)=O)cc3C3CC3)C2)c(Cl)c1.O=C(O)C(F)(F)F. The third kappa shape index (κ3) is 9.75. The molecular formula is C26H29ClF4N2O7S. The monoisotopic (exact) mass is 624 g/mol. The van der Waals surface area contributed by atoms with Crippen molar-refractivity contribution in [1.29, 1.82) is 0 Å². The van der Waals surface area contributed by atoms with Crippen LogP contribution in [0.15, 0.2) is 30.3 Å². The molecule has 226 valence electrons. The van der Waals surface area contributed by atoms with Gasteiger partial charge < -0.3 is 14.6 Å². The molecule has 1 aliphatic carbocycles. The highest BCUT2D eigenvalue weighted by molar-refractivity contribution is 7.89. The second-order valence-corrected chi connectivity index (χ2v) is 11.9. The van der Waals surface area contributed by atoms with Gasteiger partial charge in [0.25, 0.3) is 5.91 Å². The zero-order chi connectivity index (χ0) is 30.5. The van der Waals surface area contributed by atoms with E-state index in [2.05, 4.69) is 4.90 Å². The lowest BCUT2D eigenvalue weighted by molar-refractivity contribution is -0.192. The van der Waals surface area contributed by atoms with E-state index in [0.29, 0.717) is 29.6 Å². The van der Waals surface area contributed by atoms with E-state index in [1.54, 1.807) is 13.2 Å². The Labute approximate surface area is 239 Å². The highest BCUT2D eigenvalue weighted by atomic mass is 35.5. The van der Waals surface area contributed by atoms with Crippen molar-refractivity contribution in [1.82, 2.24) is 9.62 Å². The molecule has 0 radical (unpaired) electrons. The zero-order valence-electron chi connectivity index (χ0n) is 22.1. The summed E-state index contributed by atoms with van der Waals surface area (Å²) >= 11 is 6.40. The lowest BCUT2D eigenvalue weighted by atomic mass is 10.0. The van der Waals surface area contributed by atoms with E-state index in [4.69, 9.17) is 31.0 Å². The van der Waals surface area contributed by atoms with Crippen LogP contribution in [0, 0.1) is 5.82 Å². The number of sulfonamides is 1. The molecule has 2 aromatic rings. The number of hydrogen-bond donors (Lipinski definition) is 2. The molecule has 15 heteroatoms. The third-order valence-electron chi connectivity index (χ3n) is 6.29. The van der Waals surface area contributed by atoms with Crippen LogP contribution in [0.25, 0.3) is 0 Å². The fraction of sp³-hybridized carbons (Fsp3) is 0.462. The van der Waals surface area contributed by atoms with Gasteiger partial charge in [-0.15, -0.1) is 0 Å². The van der Waals surface area contributed by atoms with Gasteiger partial charge in [0.1, 0.15) is 23.4 Å². The first-order valence-corrected chi connectivity index (χ1v) is 14.7. The van der Waals surface area contributed by atoms with Gasteiger partial charge >= 0.3 is 12.1 Å². The lowest BCUT2D eigenvalue weighted by Crippen LogP contribution is -2.40. The Kier molecular flexibility index (Phi) is 10.5. The van der Waals surface area contributed by atoms with E-state index in [0.717, 1.165) is 49.6 Å². The number of amides is 1. The number of methoxy groups -OCH3 is 1. The smallest absolute Gasteiger partial charge is 0.490 e. The molecule has 1 aliphatic heterocycles. The van der Waals surface area contributed by atoms with Gasteiger partial charge in [-0.3, -0.25) is 9.69 Å². The van der Waals surface area contributed by atoms with E-state index in [-0.39, 0.29) is 17.6 Å². The van der Waals surface area contributed by atoms with E-state index >= 15 is 0 Å². The van der Waals surface area contributed by atoms with Crippen molar-refractivity contribution in [2.24, 2.45) is 0 Å². The maximum atomic E-state index is 14.8. The number of piperidine rings is 1. The number of carboxylic acids is 1. The van der Waals surface area contributed by atoms with Crippen molar-refractivity contribution in [2.75, 3.05) is 26.5 Å². The molecule has 0 aromatic heterocycles. The number of nitrogens with zero attached hydrogens (tertiary/aromatic N) is 1. The molecule has 4 rings (SSSR count). The summed E-state index contributed by atoms with van der Waals surface area (Å²) in [5.74, 6) is -3.24. The number of alkyl halides is 3. The molecule has 1 saturated carbocycles. The van der Waals surface area contributed by atoms with Gasteiger partial charge in [0.2, 0.25) is 10.0 Å². The van der Waals surface area contributed by atoms with Crippen molar-refractivity contribution in [3.63, 3.8) is 0 Å². The minimum absolute atomic E-state index is 0.140. The van der Waals surface area contributed by atoms with Crippen molar-refractivity contribution >= 4 is 33.5 Å². The normalized spacial score (nSPS) is 17.7. The van der Waals surface area contributed by atoms with Crippen LogP contribution in [-0.2, 0) is 21.4 Å². The minimum atomic E-state index is -5.08. The highest BCUT2D eigenvalue weighted by Gasteiger charge is 2.38. The Morgan fingerprint density at radius 1 is 1.17 bits per heavy atom. The van der Waals surface area contributed by atoms with Gasteiger partial charge in [-0.05, 0) is 67.5 Å². The summed E-state index contributed by atoms with van der Waals surface area (Å²) in [6.45, 7) is 2.22. The van der Waals surface area contributed by atoms with Gasteiger partial charge in [-0.2, -0.15) is 13.2 Å². The van der Waals surface area contributed by atoms with Crippen LogP contribution in [0.4, 0.5) is 17.6 Å². The van der Waals surface area contributed by atoms with E-state index in [1.165, 1.54) is 12.1 Å². The Balaban J connectivity index is 0.000000587. The summed E-state index contributed by atoms with van der Waals surface area (Å²) in [4.78, 5) is 23.4. The van der Waals surface area contributed by atoms with Gasteiger partial charge in [0, 0.05) is 24.2 Å². The standard InChI is InChI=1S/C24H28ClFN2O5S.C2HF3O2/c1-32-17-8-7-16(21(25)10-17)13-28-9-3-4-18(14-28)33-23-12-22(26)20(11-19(23)15-5-6-15)24(29)27-34(2,30)31;3-2(4,5)1(6)7/h7-8,10-12,15,18H,3-6,9,13-14H2,1-2H3,(H,27,29);(H,6,7). The largest absolute Gasteiger partial charge is 0.497 e. The topological polar surface area (TPSA) is 122 Å². The summed E-state index contributed by atoms with van der Waals surface area (Å²) < 4.78 is 82.6. The minimum Gasteiger partial charge on any atom is -0.497 e. The molecule has 1 atom stereocenters. The molecular weight excluding hydrogens is 596 g/mol. The molecule has 2 aliphatic rings. The Hall–Kier alpha value is -3.10. The van der Waals surface area contributed by atoms with Gasteiger partial charge in [0.05, 0.1) is 18.9 Å². The van der Waals surface area contributed by atoms with Crippen LogP contribution in [0.2, 0.25) is 5.02 Å². The van der Waals surface area contributed by atoms with Gasteiger partial charge in [-0.25, -0.2) is 22.3 Å². The lowest BCUT2D eigenvalue weighted by Gasteiger charge is -2.33. The summed E-state index contributed by atoms with van der Waals surface area (Å²) in [6, 6.07) is 8.27. The van der Waals surface area contributed by atoms with Crippen LogP contribution in [0.1, 0.15) is 53.1 Å². The van der Waals surface area contributed by atoms with E-state index in [9.17, 15) is 30.8 Å². The molecule has 1 saturated heterocycles. The molecule has 1 unspecified atom stereocenters. The number of rotatable bonds is 8.